The van der Waals surface area contributed by atoms with Gasteiger partial charge in [0.2, 0.25) is 11.8 Å². The largest absolute Gasteiger partial charge is 0.355 e. The van der Waals surface area contributed by atoms with Crippen LogP contribution in [0.2, 0.25) is 10.0 Å². The molecule has 1 N–H and O–H groups in total. The van der Waals surface area contributed by atoms with Gasteiger partial charge in [0, 0.05) is 29.6 Å². The predicted molar refractivity (Wildman–Crippen MR) is 94.7 cm³/mol. The fourth-order valence-electron chi connectivity index (χ4n) is 2.40. The van der Waals surface area contributed by atoms with Gasteiger partial charge in [-0.25, -0.2) is 0 Å². The molecule has 1 aromatic rings. The molecule has 0 saturated carbocycles. The fraction of sp³-hybridized carbons (Fsp3) is 0.529. The third-order valence-corrected chi connectivity index (χ3v) is 4.14. The van der Waals surface area contributed by atoms with Crippen LogP contribution in [0.25, 0.3) is 0 Å². The number of nitrogens with one attached hydrogen (secondary N) is 1. The Kier molecular flexibility index (Phi) is 8.42. The first-order valence-corrected chi connectivity index (χ1v) is 8.71. The van der Waals surface area contributed by atoms with Crippen LogP contribution in [0.1, 0.15) is 45.6 Å². The van der Waals surface area contributed by atoms with Crippen molar-refractivity contribution in [1.29, 1.82) is 0 Å². The van der Waals surface area contributed by atoms with E-state index in [9.17, 15) is 9.59 Å². The minimum Gasteiger partial charge on any atom is -0.355 e. The van der Waals surface area contributed by atoms with E-state index in [4.69, 9.17) is 23.2 Å². The normalized spacial score (nSPS) is 11.9. The Morgan fingerprint density at radius 2 is 1.91 bits per heavy atom. The zero-order valence-corrected chi connectivity index (χ0v) is 15.4. The van der Waals surface area contributed by atoms with E-state index in [0.29, 0.717) is 36.0 Å². The number of benzene rings is 1. The van der Waals surface area contributed by atoms with Crippen molar-refractivity contribution in [2.45, 2.75) is 52.6 Å². The zero-order valence-electron chi connectivity index (χ0n) is 13.9. The summed E-state index contributed by atoms with van der Waals surface area (Å²) in [6.45, 7) is 6.53. The van der Waals surface area contributed by atoms with E-state index in [1.54, 1.807) is 23.1 Å². The van der Waals surface area contributed by atoms with Gasteiger partial charge in [0.05, 0.1) is 0 Å². The highest BCUT2D eigenvalue weighted by molar-refractivity contribution is 6.35. The Labute approximate surface area is 148 Å². The van der Waals surface area contributed by atoms with Crippen molar-refractivity contribution in [3.8, 4) is 0 Å². The summed E-state index contributed by atoms with van der Waals surface area (Å²) in [7, 11) is 0. The molecule has 0 radical (unpaired) electrons. The number of rotatable bonds is 8. The molecule has 1 aromatic carbocycles. The number of hydrogen-bond donors (Lipinski definition) is 1. The lowest BCUT2D eigenvalue weighted by molar-refractivity contribution is -0.141. The highest BCUT2D eigenvalue weighted by atomic mass is 35.5. The van der Waals surface area contributed by atoms with Gasteiger partial charge in [-0.05, 0) is 37.5 Å². The molecule has 6 heteroatoms. The second kappa shape index (κ2) is 9.78. The van der Waals surface area contributed by atoms with E-state index < -0.39 is 6.04 Å². The maximum Gasteiger partial charge on any atom is 0.242 e. The van der Waals surface area contributed by atoms with Gasteiger partial charge in [-0.3, -0.25) is 9.59 Å². The number of hydrogen-bond acceptors (Lipinski definition) is 2. The molecule has 0 bridgehead atoms. The van der Waals surface area contributed by atoms with Crippen molar-refractivity contribution in [2.24, 2.45) is 0 Å². The predicted octanol–water partition coefficient (Wildman–Crippen LogP) is 4.04. The van der Waals surface area contributed by atoms with Gasteiger partial charge in [0.25, 0.3) is 0 Å². The van der Waals surface area contributed by atoms with Crippen molar-refractivity contribution in [1.82, 2.24) is 10.2 Å². The van der Waals surface area contributed by atoms with Crippen LogP contribution in [-0.2, 0) is 16.1 Å². The second-order valence-corrected chi connectivity index (χ2v) is 6.17. The molecular weight excluding hydrogens is 335 g/mol. The Balaban J connectivity index is 3.08. The Morgan fingerprint density at radius 1 is 1.22 bits per heavy atom. The molecule has 0 saturated heterocycles. The summed E-state index contributed by atoms with van der Waals surface area (Å²) in [5, 5.41) is 3.84. The van der Waals surface area contributed by atoms with Crippen molar-refractivity contribution >= 4 is 35.0 Å². The fourth-order valence-corrected chi connectivity index (χ4v) is 2.87. The molecule has 0 aliphatic rings. The average Bonchev–Trinajstić information content (AvgIpc) is 2.49. The SMILES string of the molecule is CCCC(=O)N(Cc1ccc(Cl)cc1Cl)[C@@H](CC)C(=O)NCC. The van der Waals surface area contributed by atoms with Crippen LogP contribution in [0.5, 0.6) is 0 Å². The molecule has 0 heterocycles. The number of amides is 2. The molecule has 0 aromatic heterocycles. The van der Waals surface area contributed by atoms with E-state index in [1.165, 1.54) is 0 Å². The minimum absolute atomic E-state index is 0.0448. The molecule has 0 aliphatic heterocycles. The first-order valence-electron chi connectivity index (χ1n) is 7.95. The third-order valence-electron chi connectivity index (χ3n) is 3.56. The molecule has 4 nitrogen and oxygen atoms in total. The highest BCUT2D eigenvalue weighted by Crippen LogP contribution is 2.24. The maximum absolute atomic E-state index is 12.5. The molecule has 2 amide bonds. The van der Waals surface area contributed by atoms with E-state index in [2.05, 4.69) is 5.32 Å². The maximum atomic E-state index is 12.5. The number of nitrogens with zero attached hydrogens (tertiary/aromatic N) is 1. The Bertz CT molecular complexity index is 549. The lowest BCUT2D eigenvalue weighted by atomic mass is 10.1. The van der Waals surface area contributed by atoms with Crippen LogP contribution in [0.3, 0.4) is 0 Å². The first-order chi connectivity index (χ1) is 10.9. The first kappa shape index (κ1) is 19.8. The van der Waals surface area contributed by atoms with E-state index in [0.717, 1.165) is 12.0 Å². The van der Waals surface area contributed by atoms with Gasteiger partial charge < -0.3 is 10.2 Å². The lowest BCUT2D eigenvalue weighted by Gasteiger charge is -2.30. The summed E-state index contributed by atoms with van der Waals surface area (Å²) in [6, 6.07) is 4.67. The van der Waals surface area contributed by atoms with Gasteiger partial charge in [-0.15, -0.1) is 0 Å². The zero-order chi connectivity index (χ0) is 17.4. The quantitative estimate of drug-likeness (QED) is 0.762. The number of carbonyl (C=O) groups excluding carboxylic acids is 2. The van der Waals surface area contributed by atoms with Crippen LogP contribution >= 0.6 is 23.2 Å². The molecule has 23 heavy (non-hydrogen) atoms. The molecule has 1 atom stereocenters. The molecular formula is C17H24Cl2N2O2. The van der Waals surface area contributed by atoms with Gasteiger partial charge in [-0.1, -0.05) is 43.1 Å². The van der Waals surface area contributed by atoms with Gasteiger partial charge in [-0.2, -0.15) is 0 Å². The van der Waals surface area contributed by atoms with Crippen LogP contribution < -0.4 is 5.32 Å². The van der Waals surface area contributed by atoms with Gasteiger partial charge in [0.15, 0.2) is 0 Å². The van der Waals surface area contributed by atoms with Crippen molar-refractivity contribution in [3.05, 3.63) is 33.8 Å². The number of halogens is 2. The van der Waals surface area contributed by atoms with E-state index in [1.807, 2.05) is 20.8 Å². The van der Waals surface area contributed by atoms with E-state index >= 15 is 0 Å². The highest BCUT2D eigenvalue weighted by Gasteiger charge is 2.28. The minimum atomic E-state index is -0.499. The summed E-state index contributed by atoms with van der Waals surface area (Å²) in [6.07, 6.45) is 1.68. The lowest BCUT2D eigenvalue weighted by Crippen LogP contribution is -2.48. The number of carbonyl (C=O) groups is 2. The Morgan fingerprint density at radius 3 is 2.43 bits per heavy atom. The summed E-state index contributed by atoms with van der Waals surface area (Å²) in [5.41, 5.74) is 0.781. The van der Waals surface area contributed by atoms with Crippen LogP contribution in [-0.4, -0.2) is 29.3 Å². The van der Waals surface area contributed by atoms with Crippen molar-refractivity contribution in [3.63, 3.8) is 0 Å². The standard InChI is InChI=1S/C17H24Cl2N2O2/c1-4-7-16(22)21(15(5-2)17(23)20-6-3)11-12-8-9-13(18)10-14(12)19/h8-10,15H,4-7,11H2,1-3H3,(H,20,23)/t15-/m0/s1. The van der Waals surface area contributed by atoms with Gasteiger partial charge >= 0.3 is 0 Å². The molecule has 1 rings (SSSR count). The molecule has 0 spiro atoms. The van der Waals surface area contributed by atoms with E-state index in [-0.39, 0.29) is 11.8 Å². The van der Waals surface area contributed by atoms with Crippen LogP contribution in [0.4, 0.5) is 0 Å². The molecule has 0 unspecified atom stereocenters. The summed E-state index contributed by atoms with van der Waals surface area (Å²) >= 11 is 12.1. The smallest absolute Gasteiger partial charge is 0.242 e. The second-order valence-electron chi connectivity index (χ2n) is 5.33. The summed E-state index contributed by atoms with van der Waals surface area (Å²) in [4.78, 5) is 26.4. The number of likely N-dealkylation sites (N-methyl/N-ethyl adjacent to an activating group) is 1. The Hall–Kier alpha value is -1.26. The molecule has 128 valence electrons. The monoisotopic (exact) mass is 358 g/mol. The molecule has 0 aliphatic carbocycles. The van der Waals surface area contributed by atoms with Crippen molar-refractivity contribution < 1.29 is 9.59 Å². The van der Waals surface area contributed by atoms with Crippen LogP contribution in [0, 0.1) is 0 Å². The van der Waals surface area contributed by atoms with Gasteiger partial charge in [0.1, 0.15) is 6.04 Å². The van der Waals surface area contributed by atoms with Crippen LogP contribution in [0.15, 0.2) is 18.2 Å². The third kappa shape index (κ3) is 5.70. The molecule has 0 fully saturated rings. The topological polar surface area (TPSA) is 49.4 Å². The summed E-state index contributed by atoms with van der Waals surface area (Å²) < 4.78 is 0. The summed E-state index contributed by atoms with van der Waals surface area (Å²) in [5.74, 6) is -0.179. The van der Waals surface area contributed by atoms with Crippen molar-refractivity contribution in [2.75, 3.05) is 6.54 Å². The average molecular weight is 359 g/mol.